The van der Waals surface area contributed by atoms with Crippen LogP contribution in [0.25, 0.3) is 11.0 Å². The molecule has 0 saturated heterocycles. The third kappa shape index (κ3) is 4.21. The average Bonchev–Trinajstić information content (AvgIpc) is 2.42. The molecular formula is C17H22ClO5P. The minimum absolute atomic E-state index is 0.0552. The summed E-state index contributed by atoms with van der Waals surface area (Å²) < 4.78 is 28.9. The van der Waals surface area contributed by atoms with Crippen molar-refractivity contribution in [3.8, 4) is 5.75 Å². The minimum atomic E-state index is -3.32. The molecule has 0 aliphatic heterocycles. The number of benzene rings is 1. The normalized spacial score (nSPS) is 16.0. The fourth-order valence-corrected chi connectivity index (χ4v) is 3.60. The van der Waals surface area contributed by atoms with E-state index in [0.29, 0.717) is 22.3 Å². The average molecular weight is 373 g/mol. The Morgan fingerprint density at radius 2 is 1.92 bits per heavy atom. The highest BCUT2D eigenvalue weighted by Gasteiger charge is 2.29. The number of fused-ring (bicyclic) bond motifs is 1. The molecule has 0 spiro atoms. The van der Waals surface area contributed by atoms with Gasteiger partial charge in [-0.1, -0.05) is 32.4 Å². The zero-order valence-electron chi connectivity index (χ0n) is 14.7. The second-order valence-corrected chi connectivity index (χ2v) is 9.28. The number of hydrogen-bond acceptors (Lipinski definition) is 5. The van der Waals surface area contributed by atoms with Gasteiger partial charge in [0.05, 0.1) is 6.10 Å². The van der Waals surface area contributed by atoms with Gasteiger partial charge in [-0.05, 0) is 37.0 Å². The maximum atomic E-state index is 12.6. The van der Waals surface area contributed by atoms with Gasteiger partial charge in [-0.25, -0.2) is 9.36 Å². The summed E-state index contributed by atoms with van der Waals surface area (Å²) in [4.78, 5) is 11.7. The van der Waals surface area contributed by atoms with E-state index in [1.165, 1.54) is 12.7 Å². The lowest BCUT2D eigenvalue weighted by molar-refractivity contribution is 0.0935. The van der Waals surface area contributed by atoms with Crippen molar-refractivity contribution in [2.45, 2.75) is 40.7 Å². The van der Waals surface area contributed by atoms with Crippen molar-refractivity contribution in [1.29, 1.82) is 0 Å². The Balaban J connectivity index is 2.32. The van der Waals surface area contributed by atoms with Gasteiger partial charge >= 0.3 is 13.2 Å². The lowest BCUT2D eigenvalue weighted by atomic mass is 9.91. The van der Waals surface area contributed by atoms with E-state index in [1.54, 1.807) is 19.1 Å². The summed E-state index contributed by atoms with van der Waals surface area (Å²) in [6.45, 7) is 11.0. The Morgan fingerprint density at radius 1 is 1.29 bits per heavy atom. The highest BCUT2D eigenvalue weighted by molar-refractivity contribution is 7.53. The fraction of sp³-hybridized carbons (Fsp3) is 0.471. The van der Waals surface area contributed by atoms with E-state index in [4.69, 9.17) is 25.1 Å². The summed E-state index contributed by atoms with van der Waals surface area (Å²) in [6, 6.07) is 4.87. The molecule has 1 heterocycles. The zero-order chi connectivity index (χ0) is 18.3. The molecule has 2 rings (SSSR count). The van der Waals surface area contributed by atoms with Crippen molar-refractivity contribution >= 4 is 30.2 Å². The molecule has 0 amide bonds. The summed E-state index contributed by atoms with van der Waals surface area (Å²) in [6.07, 6.45) is -0.257. The maximum absolute atomic E-state index is 12.6. The smallest absolute Gasteiger partial charge is 0.376 e. The Bertz CT molecular complexity index is 866. The van der Waals surface area contributed by atoms with Crippen LogP contribution in [0.2, 0.25) is 5.02 Å². The van der Waals surface area contributed by atoms with Crippen LogP contribution in [0.1, 0.15) is 33.3 Å². The van der Waals surface area contributed by atoms with Gasteiger partial charge in [0.1, 0.15) is 16.4 Å². The standard InChI is InChI=1S/C17H22ClO5P/c1-10-13-8-7-12(9-14(13)21-16(19)15(10)18)23-24(6,20)22-11(2)17(3,4)5/h7-9,11H,1-6H3/t11-,24+/m1/s1. The van der Waals surface area contributed by atoms with E-state index in [1.807, 2.05) is 27.7 Å². The van der Waals surface area contributed by atoms with Crippen LogP contribution in [-0.4, -0.2) is 12.8 Å². The third-order valence-electron chi connectivity index (χ3n) is 3.91. The molecule has 0 radical (unpaired) electrons. The molecule has 0 saturated carbocycles. The second-order valence-electron chi connectivity index (χ2n) is 6.96. The highest BCUT2D eigenvalue weighted by Crippen LogP contribution is 2.48. The molecular weight excluding hydrogens is 351 g/mol. The summed E-state index contributed by atoms with van der Waals surface area (Å²) >= 11 is 5.90. The van der Waals surface area contributed by atoms with E-state index in [0.717, 1.165) is 0 Å². The predicted octanol–water partition coefficient (Wildman–Crippen LogP) is 5.41. The molecule has 0 bridgehead atoms. The van der Waals surface area contributed by atoms with E-state index in [2.05, 4.69) is 0 Å². The van der Waals surface area contributed by atoms with Crippen LogP contribution in [0.5, 0.6) is 5.75 Å². The minimum Gasteiger partial charge on any atom is -0.424 e. The van der Waals surface area contributed by atoms with Gasteiger partial charge < -0.3 is 8.94 Å². The van der Waals surface area contributed by atoms with Crippen LogP contribution in [0.3, 0.4) is 0 Å². The van der Waals surface area contributed by atoms with E-state index < -0.39 is 13.2 Å². The van der Waals surface area contributed by atoms with Crippen LogP contribution >= 0.6 is 19.2 Å². The van der Waals surface area contributed by atoms with Gasteiger partial charge in [0.25, 0.3) is 0 Å². The van der Waals surface area contributed by atoms with Crippen LogP contribution in [0.15, 0.2) is 27.4 Å². The van der Waals surface area contributed by atoms with Gasteiger partial charge in [0.2, 0.25) is 0 Å². The Kier molecular flexibility index (Phi) is 5.19. The molecule has 132 valence electrons. The van der Waals surface area contributed by atoms with Crippen molar-refractivity contribution in [3.63, 3.8) is 0 Å². The number of hydrogen-bond donors (Lipinski definition) is 0. The zero-order valence-corrected chi connectivity index (χ0v) is 16.3. The van der Waals surface area contributed by atoms with Crippen molar-refractivity contribution < 1.29 is 18.0 Å². The number of halogens is 1. The molecule has 0 N–H and O–H groups in total. The van der Waals surface area contributed by atoms with Crippen molar-refractivity contribution in [3.05, 3.63) is 39.2 Å². The SMILES string of the molecule is Cc1c(Cl)c(=O)oc2cc(O[P@@](C)(=O)O[C@H](C)C(C)(C)C)ccc12. The van der Waals surface area contributed by atoms with Gasteiger partial charge in [-0.3, -0.25) is 4.52 Å². The van der Waals surface area contributed by atoms with Crippen LogP contribution in [0, 0.1) is 12.3 Å². The van der Waals surface area contributed by atoms with Gasteiger partial charge in [-0.2, -0.15) is 0 Å². The Hall–Kier alpha value is -1.29. The molecule has 24 heavy (non-hydrogen) atoms. The lowest BCUT2D eigenvalue weighted by Crippen LogP contribution is -2.25. The maximum Gasteiger partial charge on any atom is 0.376 e. The first-order chi connectivity index (χ1) is 10.9. The van der Waals surface area contributed by atoms with Crippen molar-refractivity contribution in [2.75, 3.05) is 6.66 Å². The molecule has 0 unspecified atom stereocenters. The van der Waals surface area contributed by atoms with Crippen molar-refractivity contribution in [1.82, 2.24) is 0 Å². The molecule has 2 atom stereocenters. The second kappa shape index (κ2) is 6.55. The first kappa shape index (κ1) is 19.0. The van der Waals surface area contributed by atoms with Crippen LogP contribution in [-0.2, 0) is 9.09 Å². The molecule has 0 aliphatic carbocycles. The lowest BCUT2D eigenvalue weighted by Gasteiger charge is -2.29. The first-order valence-corrected chi connectivity index (χ1v) is 9.96. The third-order valence-corrected chi connectivity index (χ3v) is 5.59. The summed E-state index contributed by atoms with van der Waals surface area (Å²) in [7, 11) is -3.32. The molecule has 0 fully saturated rings. The number of aryl methyl sites for hydroxylation is 1. The van der Waals surface area contributed by atoms with E-state index >= 15 is 0 Å². The predicted molar refractivity (Wildman–Crippen MR) is 96.4 cm³/mol. The first-order valence-electron chi connectivity index (χ1n) is 7.59. The van der Waals surface area contributed by atoms with Crippen LogP contribution < -0.4 is 10.1 Å². The molecule has 0 aliphatic rings. The van der Waals surface area contributed by atoms with Crippen molar-refractivity contribution in [2.24, 2.45) is 5.41 Å². The molecule has 5 nitrogen and oxygen atoms in total. The largest absolute Gasteiger partial charge is 0.424 e. The number of rotatable bonds is 4. The summed E-state index contributed by atoms with van der Waals surface area (Å²) in [5.74, 6) is 0.305. The molecule has 1 aromatic heterocycles. The summed E-state index contributed by atoms with van der Waals surface area (Å²) in [5, 5.41) is 0.751. The monoisotopic (exact) mass is 372 g/mol. The van der Waals surface area contributed by atoms with Crippen LogP contribution in [0.4, 0.5) is 0 Å². The van der Waals surface area contributed by atoms with E-state index in [9.17, 15) is 9.36 Å². The summed E-state index contributed by atoms with van der Waals surface area (Å²) in [5.41, 5.74) is 0.171. The molecule has 7 heteroatoms. The fourth-order valence-electron chi connectivity index (χ4n) is 2.03. The van der Waals surface area contributed by atoms with Gasteiger partial charge in [-0.15, -0.1) is 0 Å². The topological polar surface area (TPSA) is 65.7 Å². The van der Waals surface area contributed by atoms with Gasteiger partial charge in [0, 0.05) is 18.1 Å². The quantitative estimate of drug-likeness (QED) is 0.530. The van der Waals surface area contributed by atoms with E-state index in [-0.39, 0.29) is 16.5 Å². The Morgan fingerprint density at radius 3 is 2.50 bits per heavy atom. The molecule has 1 aromatic carbocycles. The Labute approximate surface area is 146 Å². The van der Waals surface area contributed by atoms with Gasteiger partial charge in [0.15, 0.2) is 0 Å². The highest BCUT2D eigenvalue weighted by atomic mass is 35.5. The molecule has 2 aromatic rings.